The number of unbranched alkanes of at least 4 members (excludes halogenated alkanes) is 43. The van der Waals surface area contributed by atoms with Crippen molar-refractivity contribution in [1.82, 2.24) is 0 Å². The van der Waals surface area contributed by atoms with E-state index < -0.39 is 26.5 Å². The van der Waals surface area contributed by atoms with Gasteiger partial charge in [-0.25, -0.2) is 4.57 Å². The topological polar surface area (TPSA) is 134 Å². The van der Waals surface area contributed by atoms with Crippen molar-refractivity contribution in [3.63, 3.8) is 0 Å². The number of hydrogen-bond acceptors (Lipinski definition) is 8. The van der Waals surface area contributed by atoms with E-state index in [2.05, 4.69) is 74.6 Å². The molecular formula is C71H132NO8P. The number of carbonyl (C=O) groups excluding carboxylic acids is 2. The Bertz CT molecular complexity index is 1510. The molecule has 0 heterocycles. The molecule has 9 nitrogen and oxygen atoms in total. The van der Waals surface area contributed by atoms with Gasteiger partial charge in [-0.3, -0.25) is 18.6 Å². The Morgan fingerprint density at radius 3 is 1.01 bits per heavy atom. The average Bonchev–Trinajstić information content (AvgIpc) is 3.46. The molecule has 10 heteroatoms. The molecule has 0 amide bonds. The molecule has 0 saturated carbocycles. The van der Waals surface area contributed by atoms with Crippen molar-refractivity contribution in [1.29, 1.82) is 0 Å². The number of carbonyl (C=O) groups is 2. The lowest BCUT2D eigenvalue weighted by Gasteiger charge is -2.19. The Kier molecular flexibility index (Phi) is 65.0. The van der Waals surface area contributed by atoms with Crippen LogP contribution in [0, 0.1) is 0 Å². The lowest BCUT2D eigenvalue weighted by atomic mass is 10.0. The van der Waals surface area contributed by atoms with Crippen LogP contribution in [0.5, 0.6) is 0 Å². The molecular weight excluding hydrogens is 1030 g/mol. The molecule has 474 valence electrons. The minimum absolute atomic E-state index is 0.0517. The Hall–Kier alpha value is -2.29. The summed E-state index contributed by atoms with van der Waals surface area (Å²) in [6.45, 7) is 3.68. The zero-order valence-electron chi connectivity index (χ0n) is 53.3. The van der Waals surface area contributed by atoms with Crippen molar-refractivity contribution in [3.8, 4) is 0 Å². The van der Waals surface area contributed by atoms with Crippen LogP contribution < -0.4 is 5.73 Å². The molecule has 0 aliphatic rings. The first-order valence-electron chi connectivity index (χ1n) is 34.8. The number of hydrogen-bond donors (Lipinski definition) is 2. The van der Waals surface area contributed by atoms with Gasteiger partial charge in [0.15, 0.2) is 6.10 Å². The van der Waals surface area contributed by atoms with Crippen LogP contribution in [0.3, 0.4) is 0 Å². The number of allylic oxidation sites excluding steroid dienone is 10. The van der Waals surface area contributed by atoms with Crippen LogP contribution in [-0.4, -0.2) is 49.3 Å². The third kappa shape index (κ3) is 66.7. The molecule has 81 heavy (non-hydrogen) atoms. The SMILES string of the molecule is CC/C=C\C/C=C\C/C=C\C/C=C\C/C=C\CCCCCCCCCCCC(=O)OC(COC(=O)CCCCCCCCCCCCCCCCCCCCCCCCCCCCCCCCCCCCC)COP(=O)(O)OCCN. The number of esters is 2. The summed E-state index contributed by atoms with van der Waals surface area (Å²) in [6.07, 6.45) is 86.1. The summed E-state index contributed by atoms with van der Waals surface area (Å²) in [5, 5.41) is 0. The molecule has 0 aromatic heterocycles. The Morgan fingerprint density at radius 2 is 0.679 bits per heavy atom. The van der Waals surface area contributed by atoms with E-state index >= 15 is 0 Å². The van der Waals surface area contributed by atoms with Crippen LogP contribution in [0.15, 0.2) is 60.8 Å². The Morgan fingerprint density at radius 1 is 0.383 bits per heavy atom. The van der Waals surface area contributed by atoms with E-state index in [1.54, 1.807) is 0 Å². The molecule has 0 rings (SSSR count). The predicted molar refractivity (Wildman–Crippen MR) is 349 cm³/mol. The van der Waals surface area contributed by atoms with Crippen LogP contribution in [0.4, 0.5) is 0 Å². The summed E-state index contributed by atoms with van der Waals surface area (Å²) in [6, 6.07) is 0. The summed E-state index contributed by atoms with van der Waals surface area (Å²) in [5.74, 6) is -0.821. The predicted octanol–water partition coefficient (Wildman–Crippen LogP) is 22.6. The molecule has 0 bridgehead atoms. The number of ether oxygens (including phenoxy) is 2. The third-order valence-electron chi connectivity index (χ3n) is 15.4. The summed E-state index contributed by atoms with van der Waals surface area (Å²) in [7, 11) is -4.40. The van der Waals surface area contributed by atoms with E-state index in [0.717, 1.165) is 77.0 Å². The number of phosphoric acid groups is 1. The number of nitrogens with two attached hydrogens (primary N) is 1. The van der Waals surface area contributed by atoms with Gasteiger partial charge >= 0.3 is 19.8 Å². The fraction of sp³-hybridized carbons (Fsp3) is 0.831. The van der Waals surface area contributed by atoms with Crippen molar-refractivity contribution in [2.45, 2.75) is 354 Å². The van der Waals surface area contributed by atoms with Gasteiger partial charge in [0.1, 0.15) is 6.61 Å². The van der Waals surface area contributed by atoms with Crippen molar-refractivity contribution in [3.05, 3.63) is 60.8 Å². The number of phosphoric ester groups is 1. The highest BCUT2D eigenvalue weighted by Gasteiger charge is 2.26. The van der Waals surface area contributed by atoms with Gasteiger partial charge in [0.25, 0.3) is 0 Å². The van der Waals surface area contributed by atoms with Gasteiger partial charge in [-0.2, -0.15) is 0 Å². The Balaban J connectivity index is 3.82. The van der Waals surface area contributed by atoms with Gasteiger partial charge in [0.05, 0.1) is 13.2 Å². The van der Waals surface area contributed by atoms with E-state index in [1.165, 1.54) is 238 Å². The van der Waals surface area contributed by atoms with E-state index in [0.29, 0.717) is 6.42 Å². The van der Waals surface area contributed by atoms with Crippen molar-refractivity contribution in [2.24, 2.45) is 5.73 Å². The maximum absolute atomic E-state index is 12.7. The molecule has 0 aliphatic carbocycles. The first-order chi connectivity index (χ1) is 39.8. The second kappa shape index (κ2) is 66.8. The van der Waals surface area contributed by atoms with Crippen LogP contribution in [0.1, 0.15) is 348 Å². The summed E-state index contributed by atoms with van der Waals surface area (Å²) in [4.78, 5) is 35.3. The normalized spacial score (nSPS) is 13.3. The summed E-state index contributed by atoms with van der Waals surface area (Å²) >= 11 is 0. The minimum atomic E-state index is -4.40. The van der Waals surface area contributed by atoms with Gasteiger partial charge in [-0.1, -0.05) is 338 Å². The van der Waals surface area contributed by atoms with Gasteiger partial charge in [0.2, 0.25) is 0 Å². The zero-order chi connectivity index (χ0) is 58.7. The van der Waals surface area contributed by atoms with E-state index in [4.69, 9.17) is 24.3 Å². The maximum Gasteiger partial charge on any atom is 0.472 e. The fourth-order valence-corrected chi connectivity index (χ4v) is 11.1. The fourth-order valence-electron chi connectivity index (χ4n) is 10.3. The third-order valence-corrected chi connectivity index (χ3v) is 16.4. The summed E-state index contributed by atoms with van der Waals surface area (Å²) < 4.78 is 33.2. The molecule has 0 aliphatic heterocycles. The molecule has 3 N–H and O–H groups in total. The molecule has 0 radical (unpaired) electrons. The minimum Gasteiger partial charge on any atom is -0.462 e. The molecule has 2 unspecified atom stereocenters. The summed E-state index contributed by atoms with van der Waals surface area (Å²) in [5.41, 5.74) is 5.40. The van der Waals surface area contributed by atoms with Crippen LogP contribution in [0.2, 0.25) is 0 Å². The van der Waals surface area contributed by atoms with Gasteiger partial charge in [-0.05, 0) is 57.8 Å². The number of rotatable bonds is 66. The molecule has 0 spiro atoms. The van der Waals surface area contributed by atoms with Gasteiger partial charge in [0, 0.05) is 19.4 Å². The molecule has 2 atom stereocenters. The van der Waals surface area contributed by atoms with Crippen molar-refractivity contribution >= 4 is 19.8 Å². The smallest absolute Gasteiger partial charge is 0.462 e. The standard InChI is InChI=1S/C71H132NO8P/c1-3-5-7-9-11-13-15-17-19-21-23-25-27-29-30-31-32-33-34-35-36-37-38-40-41-43-45-47-49-51-53-55-57-59-61-63-70(73)77-67-69(68-79-81(75,76)78-66-65-72)80-71(74)64-62-60-58-56-54-52-50-48-46-44-42-39-28-26-24-22-20-18-16-14-12-10-8-6-4-2/h6,8,12,14,18,20,24,26,39,42,69H,3-5,7,9-11,13,15-17,19,21-23,25,27-38,40-41,43-68,72H2,1-2H3,(H,75,76)/b8-6-,14-12-,20-18-,26-24-,42-39-. The van der Waals surface area contributed by atoms with Crippen LogP contribution in [0.25, 0.3) is 0 Å². The highest BCUT2D eigenvalue weighted by atomic mass is 31.2. The highest BCUT2D eigenvalue weighted by Crippen LogP contribution is 2.43. The van der Waals surface area contributed by atoms with E-state index in [9.17, 15) is 19.0 Å². The first-order valence-corrected chi connectivity index (χ1v) is 36.3. The molecule has 0 aromatic carbocycles. The zero-order valence-corrected chi connectivity index (χ0v) is 54.2. The van der Waals surface area contributed by atoms with Gasteiger partial charge < -0.3 is 20.1 Å². The highest BCUT2D eigenvalue weighted by molar-refractivity contribution is 7.47. The quantitative estimate of drug-likeness (QED) is 0.0264. The average molecular weight is 1160 g/mol. The van der Waals surface area contributed by atoms with Crippen LogP contribution in [-0.2, 0) is 32.7 Å². The molecule has 0 saturated heterocycles. The second-order valence-electron chi connectivity index (χ2n) is 23.4. The van der Waals surface area contributed by atoms with E-state index in [-0.39, 0.29) is 38.6 Å². The maximum atomic E-state index is 12.7. The van der Waals surface area contributed by atoms with Crippen molar-refractivity contribution in [2.75, 3.05) is 26.4 Å². The monoisotopic (exact) mass is 1160 g/mol. The van der Waals surface area contributed by atoms with Crippen LogP contribution >= 0.6 is 7.82 Å². The second-order valence-corrected chi connectivity index (χ2v) is 24.8. The Labute approximate surface area is 501 Å². The van der Waals surface area contributed by atoms with Gasteiger partial charge in [-0.15, -0.1) is 0 Å². The van der Waals surface area contributed by atoms with Crippen molar-refractivity contribution < 1.29 is 37.6 Å². The molecule has 0 aromatic rings. The lowest BCUT2D eigenvalue weighted by Crippen LogP contribution is -2.29. The first kappa shape index (κ1) is 78.7. The molecule has 0 fully saturated rings. The largest absolute Gasteiger partial charge is 0.472 e. The lowest BCUT2D eigenvalue weighted by molar-refractivity contribution is -0.161. The van der Waals surface area contributed by atoms with E-state index in [1.807, 2.05) is 0 Å².